The average molecular weight is 180 g/mol. The third-order valence-corrected chi connectivity index (χ3v) is 2.55. The van der Waals surface area contributed by atoms with Gasteiger partial charge in [0.15, 0.2) is 11.2 Å². The molecule has 2 aromatic heterocycles. The molecule has 0 aromatic carbocycles. The van der Waals surface area contributed by atoms with Crippen molar-refractivity contribution in [3.05, 3.63) is 16.2 Å². The number of aryl methyl sites for hydroxylation is 3. The van der Waals surface area contributed by atoms with Crippen LogP contribution in [0.15, 0.2) is 4.79 Å². The Morgan fingerprint density at radius 2 is 1.77 bits per heavy atom. The molecule has 0 amide bonds. The topological polar surface area (TPSA) is 44.8 Å². The molecule has 0 aliphatic heterocycles. The van der Waals surface area contributed by atoms with Crippen LogP contribution in [0.5, 0.6) is 0 Å². The second-order valence-electron chi connectivity index (χ2n) is 3.24. The summed E-state index contributed by atoms with van der Waals surface area (Å²) < 4.78 is 5.12. The van der Waals surface area contributed by atoms with E-state index in [1.54, 1.807) is 16.4 Å². The summed E-state index contributed by atoms with van der Waals surface area (Å²) in [4.78, 5) is 16.0. The zero-order valence-corrected chi connectivity index (χ0v) is 8.20. The number of aromatic nitrogens is 4. The van der Waals surface area contributed by atoms with Gasteiger partial charge in [0.2, 0.25) is 0 Å². The van der Waals surface area contributed by atoms with Gasteiger partial charge in [0, 0.05) is 21.1 Å². The molecule has 0 N–H and O–H groups in total. The molecule has 0 saturated carbocycles. The van der Waals surface area contributed by atoms with Gasteiger partial charge in [-0.05, 0) is 6.92 Å². The van der Waals surface area contributed by atoms with Crippen LogP contribution in [0.4, 0.5) is 0 Å². The highest BCUT2D eigenvalue weighted by Crippen LogP contribution is 2.09. The fourth-order valence-corrected chi connectivity index (χ4v) is 1.49. The molecule has 0 fully saturated rings. The first-order valence-electron chi connectivity index (χ1n) is 4.09. The summed E-state index contributed by atoms with van der Waals surface area (Å²) in [5, 5.41) is 0. The fraction of sp³-hybridized carbons (Fsp3) is 0.500. The third-order valence-electron chi connectivity index (χ3n) is 2.55. The summed E-state index contributed by atoms with van der Waals surface area (Å²) in [6, 6.07) is 0. The summed E-state index contributed by atoms with van der Waals surface area (Å²) in [5.74, 6) is 0.860. The van der Waals surface area contributed by atoms with Crippen LogP contribution in [0.25, 0.3) is 11.2 Å². The highest BCUT2D eigenvalue weighted by Gasteiger charge is 2.14. The van der Waals surface area contributed by atoms with Crippen LogP contribution >= 0.6 is 0 Å². The van der Waals surface area contributed by atoms with Crippen molar-refractivity contribution in [2.75, 3.05) is 0 Å². The van der Waals surface area contributed by atoms with Gasteiger partial charge in [-0.25, -0.2) is 4.98 Å². The predicted octanol–water partition coefficient (Wildman–Crippen LogP) is -0.0811. The van der Waals surface area contributed by atoms with Crippen LogP contribution in [0.2, 0.25) is 0 Å². The Labute approximate surface area is 75.2 Å². The van der Waals surface area contributed by atoms with E-state index in [4.69, 9.17) is 0 Å². The maximum atomic E-state index is 11.7. The molecular formula is C8H12N4O. The van der Waals surface area contributed by atoms with Gasteiger partial charge in [-0.15, -0.1) is 0 Å². The first-order valence-corrected chi connectivity index (χ1v) is 4.09. The number of imidazole rings is 1. The van der Waals surface area contributed by atoms with Crippen molar-refractivity contribution in [3.8, 4) is 0 Å². The fourth-order valence-electron chi connectivity index (χ4n) is 1.49. The second-order valence-corrected chi connectivity index (χ2v) is 3.24. The van der Waals surface area contributed by atoms with Gasteiger partial charge in [0.05, 0.1) is 0 Å². The molecule has 2 aromatic rings. The smallest absolute Gasteiger partial charge is 0.292 e. The van der Waals surface area contributed by atoms with E-state index < -0.39 is 0 Å². The summed E-state index contributed by atoms with van der Waals surface area (Å²) in [5.41, 5.74) is 1.41. The molecule has 0 unspecified atom stereocenters. The minimum Gasteiger partial charge on any atom is -0.325 e. The number of hydrogen-bond acceptors (Lipinski definition) is 2. The maximum absolute atomic E-state index is 11.7. The molecule has 5 nitrogen and oxygen atoms in total. The zero-order valence-electron chi connectivity index (χ0n) is 8.20. The van der Waals surface area contributed by atoms with Crippen molar-refractivity contribution >= 4 is 11.2 Å². The van der Waals surface area contributed by atoms with E-state index in [-0.39, 0.29) is 5.56 Å². The Bertz CT molecular complexity index is 528. The lowest BCUT2D eigenvalue weighted by molar-refractivity contribution is 0.588. The summed E-state index contributed by atoms with van der Waals surface area (Å²) in [7, 11) is 5.42. The predicted molar refractivity (Wildman–Crippen MR) is 49.7 cm³/mol. The molecule has 0 bridgehead atoms. The van der Waals surface area contributed by atoms with E-state index in [9.17, 15) is 4.79 Å². The second kappa shape index (κ2) is 2.25. The normalized spacial score (nSPS) is 11.4. The first kappa shape index (κ1) is 8.10. The van der Waals surface area contributed by atoms with Crippen molar-refractivity contribution in [3.63, 3.8) is 0 Å². The van der Waals surface area contributed by atoms with Gasteiger partial charge in [-0.2, -0.15) is 0 Å². The minimum atomic E-state index is 0.000556. The Kier molecular flexibility index (Phi) is 1.40. The lowest BCUT2D eigenvalue weighted by Crippen LogP contribution is -2.18. The molecule has 0 atom stereocenters. The Morgan fingerprint density at radius 1 is 1.15 bits per heavy atom. The molecule has 2 heterocycles. The number of fused-ring (bicyclic) bond motifs is 1. The lowest BCUT2D eigenvalue weighted by Gasteiger charge is -1.97. The highest BCUT2D eigenvalue weighted by molar-refractivity contribution is 5.71. The van der Waals surface area contributed by atoms with Crippen LogP contribution in [0.3, 0.4) is 0 Å². The average Bonchev–Trinajstić information content (AvgIpc) is 2.48. The summed E-state index contributed by atoms with van der Waals surface area (Å²) >= 11 is 0. The Hall–Kier alpha value is -1.52. The van der Waals surface area contributed by atoms with Crippen LogP contribution in [0, 0.1) is 6.92 Å². The minimum absolute atomic E-state index is 0.000556. The number of hydrogen-bond donors (Lipinski definition) is 0. The van der Waals surface area contributed by atoms with Crippen molar-refractivity contribution in [1.82, 2.24) is 18.9 Å². The molecule has 5 heteroatoms. The molecule has 0 spiro atoms. The third kappa shape index (κ3) is 0.811. The van der Waals surface area contributed by atoms with Crippen molar-refractivity contribution in [2.24, 2.45) is 21.1 Å². The van der Waals surface area contributed by atoms with Gasteiger partial charge < -0.3 is 4.57 Å². The highest BCUT2D eigenvalue weighted by atomic mass is 16.1. The Morgan fingerprint density at radius 3 is 2.31 bits per heavy atom. The summed E-state index contributed by atoms with van der Waals surface area (Å²) in [6.07, 6.45) is 0. The van der Waals surface area contributed by atoms with E-state index in [1.807, 2.05) is 25.6 Å². The number of nitrogens with zero attached hydrogens (tertiary/aromatic N) is 4. The molecule has 0 aliphatic rings. The van der Waals surface area contributed by atoms with E-state index in [1.165, 1.54) is 0 Å². The van der Waals surface area contributed by atoms with Crippen LogP contribution in [-0.2, 0) is 21.1 Å². The first-order chi connectivity index (χ1) is 6.04. The SMILES string of the molecule is Cc1nc2c(c(=O)n(C)n2C)n1C. The zero-order chi connectivity index (χ0) is 9.75. The van der Waals surface area contributed by atoms with Crippen molar-refractivity contribution in [2.45, 2.75) is 6.92 Å². The largest absolute Gasteiger partial charge is 0.325 e. The van der Waals surface area contributed by atoms with Gasteiger partial charge >= 0.3 is 0 Å². The summed E-state index contributed by atoms with van der Waals surface area (Å²) in [6.45, 7) is 1.89. The lowest BCUT2D eigenvalue weighted by atomic mass is 10.6. The van der Waals surface area contributed by atoms with Gasteiger partial charge in [0.25, 0.3) is 5.56 Å². The molecule has 0 aliphatic carbocycles. The maximum Gasteiger partial charge on any atom is 0.292 e. The van der Waals surface area contributed by atoms with E-state index >= 15 is 0 Å². The van der Waals surface area contributed by atoms with Crippen LogP contribution < -0.4 is 5.56 Å². The van der Waals surface area contributed by atoms with Crippen molar-refractivity contribution in [1.29, 1.82) is 0 Å². The quantitative estimate of drug-likeness (QED) is 0.569. The Balaban J connectivity index is 3.10. The van der Waals surface area contributed by atoms with Crippen LogP contribution in [-0.4, -0.2) is 18.9 Å². The van der Waals surface area contributed by atoms with E-state index in [0.717, 1.165) is 11.5 Å². The van der Waals surface area contributed by atoms with Crippen molar-refractivity contribution < 1.29 is 0 Å². The molecule has 0 saturated heterocycles. The van der Waals surface area contributed by atoms with E-state index in [2.05, 4.69) is 4.98 Å². The standard InChI is InChI=1S/C8H12N4O/c1-5-9-7-6(10(5)2)8(13)12(4)11(7)3/h1-4H3. The van der Waals surface area contributed by atoms with Crippen LogP contribution in [0.1, 0.15) is 5.82 Å². The number of rotatable bonds is 0. The molecule has 13 heavy (non-hydrogen) atoms. The molecule has 2 rings (SSSR count). The van der Waals surface area contributed by atoms with Gasteiger partial charge in [0.1, 0.15) is 5.82 Å². The monoisotopic (exact) mass is 180 g/mol. The molecular weight excluding hydrogens is 168 g/mol. The molecule has 0 radical (unpaired) electrons. The molecule has 70 valence electrons. The van der Waals surface area contributed by atoms with Gasteiger partial charge in [-0.3, -0.25) is 14.2 Å². The van der Waals surface area contributed by atoms with E-state index in [0.29, 0.717) is 5.52 Å². The van der Waals surface area contributed by atoms with Gasteiger partial charge in [-0.1, -0.05) is 0 Å².